The Balaban J connectivity index is 2.62. The maximum Gasteiger partial charge on any atom is 0.253 e. The molecule has 0 aliphatic heterocycles. The van der Waals surface area contributed by atoms with Gasteiger partial charge in [0.05, 0.1) is 6.33 Å². The Labute approximate surface area is 78.4 Å². The van der Waals surface area contributed by atoms with Crippen LogP contribution < -0.4 is 5.56 Å². The second-order valence-electron chi connectivity index (χ2n) is 3.27. The summed E-state index contributed by atoms with van der Waals surface area (Å²) in [6.07, 6.45) is 5.03. The lowest BCUT2D eigenvalue weighted by atomic mass is 10.2. The average Bonchev–Trinajstić information content (AvgIpc) is 2.09. The lowest BCUT2D eigenvalue weighted by molar-refractivity contribution is 0.578. The van der Waals surface area contributed by atoms with Gasteiger partial charge in [0.2, 0.25) is 0 Å². The van der Waals surface area contributed by atoms with Crippen molar-refractivity contribution in [3.63, 3.8) is 0 Å². The zero-order valence-corrected chi connectivity index (χ0v) is 8.29. The molecule has 0 saturated carbocycles. The third kappa shape index (κ3) is 3.01. The van der Waals surface area contributed by atoms with Gasteiger partial charge in [-0.1, -0.05) is 19.8 Å². The molecule has 0 aromatic carbocycles. The Kier molecular flexibility index (Phi) is 3.68. The molecule has 0 unspecified atom stereocenters. The molecule has 3 heteroatoms. The summed E-state index contributed by atoms with van der Waals surface area (Å²) < 4.78 is 1.67. The van der Waals surface area contributed by atoms with Crippen molar-refractivity contribution in [3.8, 4) is 0 Å². The largest absolute Gasteiger partial charge is 0.299 e. The smallest absolute Gasteiger partial charge is 0.253 e. The van der Waals surface area contributed by atoms with E-state index in [4.69, 9.17) is 0 Å². The van der Waals surface area contributed by atoms with Gasteiger partial charge in [-0.2, -0.15) is 0 Å². The van der Waals surface area contributed by atoms with Crippen LogP contribution in [0.2, 0.25) is 0 Å². The predicted molar refractivity (Wildman–Crippen MR) is 52.8 cm³/mol. The van der Waals surface area contributed by atoms with Crippen molar-refractivity contribution in [1.82, 2.24) is 9.55 Å². The minimum absolute atomic E-state index is 0.0589. The molecular weight excluding hydrogens is 164 g/mol. The molecule has 0 atom stereocenters. The minimum atomic E-state index is 0.0589. The Hall–Kier alpha value is -1.12. The van der Waals surface area contributed by atoms with E-state index >= 15 is 0 Å². The van der Waals surface area contributed by atoms with Gasteiger partial charge in [0.15, 0.2) is 0 Å². The van der Waals surface area contributed by atoms with Crippen molar-refractivity contribution < 1.29 is 0 Å². The highest BCUT2D eigenvalue weighted by molar-refractivity contribution is 4.95. The van der Waals surface area contributed by atoms with E-state index in [1.165, 1.54) is 12.8 Å². The van der Waals surface area contributed by atoms with Crippen LogP contribution in [0.5, 0.6) is 0 Å². The summed E-state index contributed by atoms with van der Waals surface area (Å²) in [6.45, 7) is 4.77. The zero-order chi connectivity index (χ0) is 9.68. The molecule has 0 bridgehead atoms. The van der Waals surface area contributed by atoms with Crippen LogP contribution in [0, 0.1) is 6.92 Å². The molecule has 0 fully saturated rings. The van der Waals surface area contributed by atoms with Gasteiger partial charge in [0.25, 0.3) is 5.56 Å². The van der Waals surface area contributed by atoms with E-state index in [1.807, 2.05) is 6.92 Å². The summed E-state index contributed by atoms with van der Waals surface area (Å²) in [6, 6.07) is 1.58. The van der Waals surface area contributed by atoms with E-state index in [0.717, 1.165) is 18.7 Å². The number of hydrogen-bond donors (Lipinski definition) is 0. The fourth-order valence-corrected chi connectivity index (χ4v) is 1.22. The molecule has 3 nitrogen and oxygen atoms in total. The molecule has 0 amide bonds. The van der Waals surface area contributed by atoms with Gasteiger partial charge in [0.1, 0.15) is 0 Å². The van der Waals surface area contributed by atoms with Crippen molar-refractivity contribution in [3.05, 3.63) is 28.4 Å². The van der Waals surface area contributed by atoms with E-state index in [1.54, 1.807) is 17.0 Å². The van der Waals surface area contributed by atoms with E-state index < -0.39 is 0 Å². The first-order valence-corrected chi connectivity index (χ1v) is 4.77. The summed E-state index contributed by atoms with van der Waals surface area (Å²) >= 11 is 0. The molecule has 0 N–H and O–H groups in total. The van der Waals surface area contributed by atoms with Crippen LogP contribution >= 0.6 is 0 Å². The average molecular weight is 180 g/mol. The van der Waals surface area contributed by atoms with Crippen molar-refractivity contribution in [2.75, 3.05) is 0 Å². The number of rotatable bonds is 4. The highest BCUT2D eigenvalue weighted by Crippen LogP contribution is 1.95. The fraction of sp³-hybridized carbons (Fsp3) is 0.600. The first kappa shape index (κ1) is 9.96. The van der Waals surface area contributed by atoms with Crippen LogP contribution in [0.25, 0.3) is 0 Å². The molecule has 13 heavy (non-hydrogen) atoms. The van der Waals surface area contributed by atoms with Gasteiger partial charge < -0.3 is 0 Å². The molecule has 1 aromatic heterocycles. The second kappa shape index (κ2) is 4.80. The Morgan fingerprint density at radius 1 is 1.46 bits per heavy atom. The minimum Gasteiger partial charge on any atom is -0.299 e. The van der Waals surface area contributed by atoms with Crippen LogP contribution in [-0.4, -0.2) is 9.55 Å². The van der Waals surface area contributed by atoms with Gasteiger partial charge in [0, 0.05) is 18.3 Å². The third-order valence-corrected chi connectivity index (χ3v) is 2.02. The first-order chi connectivity index (χ1) is 6.24. The lowest BCUT2D eigenvalue weighted by Crippen LogP contribution is -2.19. The fourth-order valence-electron chi connectivity index (χ4n) is 1.22. The Morgan fingerprint density at radius 2 is 2.23 bits per heavy atom. The van der Waals surface area contributed by atoms with Gasteiger partial charge >= 0.3 is 0 Å². The number of aromatic nitrogens is 2. The second-order valence-corrected chi connectivity index (χ2v) is 3.27. The highest BCUT2D eigenvalue weighted by atomic mass is 16.1. The highest BCUT2D eigenvalue weighted by Gasteiger charge is 1.95. The van der Waals surface area contributed by atoms with Crippen LogP contribution in [0.4, 0.5) is 0 Å². The summed E-state index contributed by atoms with van der Waals surface area (Å²) in [5.41, 5.74) is 0.848. The standard InChI is InChI=1S/C10H16N2O/c1-3-4-5-6-12-8-11-9(2)7-10(12)13/h7-8H,3-6H2,1-2H3. The van der Waals surface area contributed by atoms with Gasteiger partial charge in [-0.3, -0.25) is 9.36 Å². The number of hydrogen-bond acceptors (Lipinski definition) is 2. The molecule has 0 saturated heterocycles. The quantitative estimate of drug-likeness (QED) is 0.661. The van der Waals surface area contributed by atoms with E-state index in [2.05, 4.69) is 11.9 Å². The van der Waals surface area contributed by atoms with Crippen molar-refractivity contribution >= 4 is 0 Å². The molecule has 1 rings (SSSR count). The lowest BCUT2D eigenvalue weighted by Gasteiger charge is -2.03. The van der Waals surface area contributed by atoms with E-state index in [9.17, 15) is 4.79 Å². The van der Waals surface area contributed by atoms with Crippen molar-refractivity contribution in [2.24, 2.45) is 0 Å². The maximum absolute atomic E-state index is 11.4. The molecule has 0 radical (unpaired) electrons. The number of nitrogens with zero attached hydrogens (tertiary/aromatic N) is 2. The van der Waals surface area contributed by atoms with Crippen LogP contribution in [0.1, 0.15) is 31.9 Å². The number of unbranched alkanes of at least 4 members (excludes halogenated alkanes) is 2. The topological polar surface area (TPSA) is 34.9 Å². The summed E-state index contributed by atoms with van der Waals surface area (Å²) in [5.74, 6) is 0. The number of aryl methyl sites for hydroxylation is 2. The van der Waals surface area contributed by atoms with Gasteiger partial charge in [-0.25, -0.2) is 4.98 Å². The summed E-state index contributed by atoms with van der Waals surface area (Å²) in [5, 5.41) is 0. The predicted octanol–water partition coefficient (Wildman–Crippen LogP) is 1.74. The third-order valence-electron chi connectivity index (χ3n) is 2.02. The van der Waals surface area contributed by atoms with E-state index in [-0.39, 0.29) is 5.56 Å². The normalized spacial score (nSPS) is 10.3. The Bertz CT molecular complexity index is 317. The maximum atomic E-state index is 11.4. The summed E-state index contributed by atoms with van der Waals surface area (Å²) in [4.78, 5) is 15.4. The van der Waals surface area contributed by atoms with Gasteiger partial charge in [-0.15, -0.1) is 0 Å². The van der Waals surface area contributed by atoms with Crippen LogP contribution in [0.3, 0.4) is 0 Å². The van der Waals surface area contributed by atoms with Crippen molar-refractivity contribution in [2.45, 2.75) is 39.7 Å². The first-order valence-electron chi connectivity index (χ1n) is 4.77. The van der Waals surface area contributed by atoms with Crippen molar-refractivity contribution in [1.29, 1.82) is 0 Å². The molecule has 72 valence electrons. The molecule has 0 spiro atoms. The molecule has 0 aliphatic rings. The van der Waals surface area contributed by atoms with Gasteiger partial charge in [-0.05, 0) is 13.3 Å². The molecule has 1 aromatic rings. The molecule has 0 aliphatic carbocycles. The summed E-state index contributed by atoms with van der Waals surface area (Å²) in [7, 11) is 0. The molecule has 1 heterocycles. The van der Waals surface area contributed by atoms with E-state index in [0.29, 0.717) is 0 Å². The van der Waals surface area contributed by atoms with Crippen LogP contribution in [0.15, 0.2) is 17.2 Å². The SMILES string of the molecule is CCCCCn1cnc(C)cc1=O. The monoisotopic (exact) mass is 180 g/mol. The molecular formula is C10H16N2O. The van der Waals surface area contributed by atoms with Crippen LogP contribution in [-0.2, 0) is 6.54 Å². The Morgan fingerprint density at radius 3 is 2.85 bits per heavy atom. The zero-order valence-electron chi connectivity index (χ0n) is 8.29.